The summed E-state index contributed by atoms with van der Waals surface area (Å²) in [6.45, 7) is 92.2. The molecule has 7 aromatic rings. The van der Waals surface area contributed by atoms with Crippen LogP contribution in [0.4, 0.5) is 10.8 Å². The number of nitrogens with one attached hydrogen (secondary N) is 8. The highest BCUT2D eigenvalue weighted by Crippen LogP contribution is 2.26. The average Bonchev–Trinajstić information content (AvgIpc) is 1.75. The zero-order valence-electron chi connectivity index (χ0n) is 92.1. The average molecular weight is 1910 g/mol. The van der Waals surface area contributed by atoms with E-state index in [0.29, 0.717) is 42.7 Å². The van der Waals surface area contributed by atoms with E-state index < -0.39 is 0 Å². The van der Waals surface area contributed by atoms with Gasteiger partial charge in [-0.25, -0.2) is 34.3 Å². The summed E-state index contributed by atoms with van der Waals surface area (Å²) in [6, 6.07) is 8.04. The number of aliphatic imine (C=N–C) groups is 2. The van der Waals surface area contributed by atoms with Gasteiger partial charge < -0.3 is 70.5 Å². The number of amides is 1. The predicted molar refractivity (Wildman–Crippen MR) is 567 cm³/mol. The molecule has 772 valence electrons. The van der Waals surface area contributed by atoms with E-state index in [-0.39, 0.29) is 84.3 Å². The lowest BCUT2D eigenvalue weighted by Gasteiger charge is -2.23. The highest BCUT2D eigenvalue weighted by atomic mass is 16.6. The predicted octanol–water partition coefficient (Wildman–Crippen LogP) is 21.6. The standard InChI is InChI=1S/C11H17NO.C10H18N2.C10H16N2.C10H19N.C9H15N3.C9H16N2.C9H15NO2.2C8H15N3.C8H15NO2.C8H13NO2.C7H12N2O/c1-11(2,3)12-8-9-5-4-6-10(13)7-9;1-8-5-6-11-9(8)7-12-10(2,3)4;1-10(2,3)6-5-9-11-7-4-8-12-9;1-10(2,3)7-6-9-5-4-8-11-9;1-9(2,3)10-7-8-5-4-6-11-12-8;1-9(2,3)11-7-8-4-5-10-6-8;1-7-5-10(8(11)12-7)6-9(2,3)4;1-8(2,3)11-6-7-9-4-5-10-7;1-8(2,3)9-6-7-4-5-10-11-7;2*1-8(2,3)6-9-4-5-11-7(9)10;1-7(2,3)5-4-9-6(8)10-5/h4-5,7,12H,6,8H2,1-3H3;5-6,11-12H,7H2,1-4H3;4,7-8H,5-6H2,1-3H3;4-8H2,1-3H3;4-6,10H,7H2,1-3H3;4,6,11H,5,7H2,1-3H3;5H,6H2,1-4H3;4-5,11H,6H2,1-3H3,(H,9,10);4,9H,5-6H2,1-3H3;4-6H2,1-3H3;4-5H,6H2,1-3H3;4H,1-3H3,(H2,8,9). The van der Waals surface area contributed by atoms with Crippen LogP contribution in [-0.4, -0.2) is 170 Å². The molecule has 0 aromatic carbocycles. The van der Waals surface area contributed by atoms with E-state index in [2.05, 4.69) is 344 Å². The van der Waals surface area contributed by atoms with Crippen LogP contribution in [0.3, 0.4) is 0 Å². The Morgan fingerprint density at radius 2 is 1.08 bits per heavy atom. The minimum absolute atomic E-state index is 0.00458. The number of nitrogen functional groups attached to an aromatic ring is 1. The minimum atomic E-state index is -0.278. The molecule has 0 spiro atoms. The minimum Gasteiger partial charge on any atom is -0.448 e. The monoisotopic (exact) mass is 1910 g/mol. The topological polar surface area (TPSA) is 387 Å². The first kappa shape index (κ1) is 125. The summed E-state index contributed by atoms with van der Waals surface area (Å²) in [5.41, 5.74) is 16.0. The van der Waals surface area contributed by atoms with Crippen LogP contribution in [0.5, 0.6) is 0 Å². The van der Waals surface area contributed by atoms with Gasteiger partial charge in [0.05, 0.1) is 43.8 Å². The van der Waals surface area contributed by atoms with Gasteiger partial charge in [0.1, 0.15) is 36.0 Å². The smallest absolute Gasteiger partial charge is 0.419 e. The number of hydrogen-bond acceptors (Lipinski definition) is 25. The van der Waals surface area contributed by atoms with Gasteiger partial charge in [0.15, 0.2) is 5.78 Å². The van der Waals surface area contributed by atoms with Crippen molar-refractivity contribution >= 4 is 29.8 Å². The molecule has 30 nitrogen and oxygen atoms in total. The number of nitrogens with zero attached hydrogens (tertiary/aromatic N) is 13. The summed E-state index contributed by atoms with van der Waals surface area (Å²) in [5, 5.41) is 35.8. The number of nitrogens with two attached hydrogens (primary N) is 1. The lowest BCUT2D eigenvalue weighted by Crippen LogP contribution is -2.37. The Labute approximate surface area is 825 Å². The molecule has 137 heavy (non-hydrogen) atoms. The summed E-state index contributed by atoms with van der Waals surface area (Å²) in [5.74, 6) is 3.09. The number of anilines is 1. The first-order valence-corrected chi connectivity index (χ1v) is 48.5. The molecule has 0 atom stereocenters. The number of imidazole rings is 1. The Hall–Kier alpha value is -9.72. The summed E-state index contributed by atoms with van der Waals surface area (Å²) in [7, 11) is 0. The molecule has 0 bridgehead atoms. The van der Waals surface area contributed by atoms with Crippen molar-refractivity contribution in [3.05, 3.63) is 195 Å². The Balaban J connectivity index is 0.000000748. The summed E-state index contributed by atoms with van der Waals surface area (Å²) < 4.78 is 22.6. The van der Waals surface area contributed by atoms with E-state index in [0.717, 1.165) is 119 Å². The number of ether oxygens (including phenoxy) is 1. The van der Waals surface area contributed by atoms with Crippen LogP contribution < -0.4 is 49.1 Å². The number of azo groups is 1. The largest absolute Gasteiger partial charge is 0.448 e. The number of ketones is 1. The van der Waals surface area contributed by atoms with Crippen LogP contribution in [0.15, 0.2) is 177 Å². The third-order valence-corrected chi connectivity index (χ3v) is 18.8. The van der Waals surface area contributed by atoms with Crippen LogP contribution in [-0.2, 0) is 54.1 Å². The maximum Gasteiger partial charge on any atom is 0.419 e. The molecule has 1 saturated heterocycles. The zero-order valence-corrected chi connectivity index (χ0v) is 92.1. The molecular formula is C107H186N22O8. The maximum atomic E-state index is 11.1. The number of allylic oxidation sites excluding steroid dienone is 2. The van der Waals surface area contributed by atoms with E-state index >= 15 is 0 Å². The van der Waals surface area contributed by atoms with Crippen molar-refractivity contribution in [1.29, 1.82) is 0 Å². The number of oxazole rings is 3. The molecular weight excluding hydrogens is 1720 g/mol. The molecule has 30 heteroatoms. The van der Waals surface area contributed by atoms with E-state index in [1.165, 1.54) is 54.5 Å². The van der Waals surface area contributed by atoms with Crippen LogP contribution in [0, 0.1) is 40.9 Å². The Morgan fingerprint density at radius 1 is 0.526 bits per heavy atom. The molecule has 1 aliphatic carbocycles. The number of hydrogen-bond donors (Lipinski definition) is 9. The Morgan fingerprint density at radius 3 is 1.50 bits per heavy atom. The van der Waals surface area contributed by atoms with E-state index in [9.17, 15) is 19.2 Å². The van der Waals surface area contributed by atoms with Gasteiger partial charge in [0.2, 0.25) is 0 Å². The second-order valence-electron chi connectivity index (χ2n) is 48.1. The highest BCUT2D eigenvalue weighted by molar-refractivity contribution is 5.93. The molecule has 5 aliphatic rings. The van der Waals surface area contributed by atoms with Crippen molar-refractivity contribution < 1.29 is 27.6 Å². The molecule has 10 N–H and O–H groups in total. The summed E-state index contributed by atoms with van der Waals surface area (Å²) in [6.07, 6.45) is 36.7. The quantitative estimate of drug-likeness (QED) is 0.0363. The van der Waals surface area contributed by atoms with E-state index in [4.69, 9.17) is 19.3 Å². The van der Waals surface area contributed by atoms with Crippen LogP contribution >= 0.6 is 0 Å². The molecule has 0 unspecified atom stereocenters. The highest BCUT2D eigenvalue weighted by Gasteiger charge is 2.27. The van der Waals surface area contributed by atoms with Crippen molar-refractivity contribution in [2.24, 2.45) is 47.3 Å². The van der Waals surface area contributed by atoms with Gasteiger partial charge in [-0.3, -0.25) is 23.9 Å². The van der Waals surface area contributed by atoms with Crippen molar-refractivity contribution in [2.75, 3.05) is 64.7 Å². The summed E-state index contributed by atoms with van der Waals surface area (Å²) in [4.78, 5) is 76.8. The first-order valence-electron chi connectivity index (χ1n) is 48.5. The summed E-state index contributed by atoms with van der Waals surface area (Å²) >= 11 is 0. The Bertz CT molecular complexity index is 4710. The fourth-order valence-electron chi connectivity index (χ4n) is 11.4. The molecule has 12 rings (SSSR count). The van der Waals surface area contributed by atoms with Gasteiger partial charge in [-0.2, -0.15) is 20.4 Å². The number of aryl methyl sites for hydroxylation is 3. The number of aromatic nitrogens is 10. The van der Waals surface area contributed by atoms with Gasteiger partial charge in [-0.05, 0) is 251 Å². The van der Waals surface area contributed by atoms with Crippen LogP contribution in [0.2, 0.25) is 0 Å². The number of rotatable bonds is 19. The fraction of sp³-hybridized carbons (Fsp3) is 0.664. The molecule has 0 radical (unpaired) electrons. The Kier molecular flexibility index (Phi) is 54.6. The van der Waals surface area contributed by atoms with Crippen molar-refractivity contribution in [3.63, 3.8) is 0 Å². The van der Waals surface area contributed by atoms with Gasteiger partial charge in [-0.1, -0.05) is 143 Å². The molecule has 4 aliphatic heterocycles. The second-order valence-corrected chi connectivity index (χ2v) is 48.1. The second kappa shape index (κ2) is 59.7. The third-order valence-electron chi connectivity index (χ3n) is 18.8. The SMILES string of the molecule is CC(C)(C)CCC1=NCCC1.CC(C)(C)CCc1ncccn1.CC(C)(C)CN1CCOC1=O.CC(C)(C)Cn1ccoc1=O.CC(C)(C)NCC1=CC(=O)CC=C1.CC(C)(C)NCC1=CCN=C1.CC(C)(C)NCC1=CCN=N1.CC(C)(C)NCc1cccnn1.CC(C)(C)NCc1ncc[nH]1.CC(C)(C)c1cnc(N)o1.Cc1cc[nH]c1CNC(C)(C)C.Cc1cn(CC(C)(C)C)c(=O)o1. The lowest BCUT2D eigenvalue weighted by molar-refractivity contribution is -0.114. The van der Waals surface area contributed by atoms with Crippen LogP contribution in [0.1, 0.15) is 328 Å². The van der Waals surface area contributed by atoms with Crippen molar-refractivity contribution in [3.8, 4) is 0 Å². The molecule has 11 heterocycles. The fourth-order valence-corrected chi connectivity index (χ4v) is 11.4. The number of aromatic amines is 2. The molecule has 1 fully saturated rings. The van der Waals surface area contributed by atoms with Gasteiger partial charge in [-0.15, -0.1) is 0 Å². The van der Waals surface area contributed by atoms with Crippen molar-refractivity contribution in [1.82, 2.24) is 86.0 Å². The van der Waals surface area contributed by atoms with Crippen molar-refractivity contribution in [2.45, 2.75) is 379 Å². The molecule has 7 aromatic heterocycles. The molecule has 0 saturated carbocycles. The van der Waals surface area contributed by atoms with Crippen LogP contribution in [0.25, 0.3) is 0 Å². The van der Waals surface area contributed by atoms with E-state index in [1.54, 1.807) is 70.4 Å². The maximum absolute atomic E-state index is 11.1. The number of cyclic esters (lactones) is 1. The zero-order chi connectivity index (χ0) is 105. The third kappa shape index (κ3) is 72.3. The normalized spacial score (nSPS) is 14.3. The van der Waals surface area contributed by atoms with Gasteiger partial charge in [0.25, 0.3) is 6.01 Å². The molecule has 1 amide bonds. The van der Waals surface area contributed by atoms with Gasteiger partial charge >= 0.3 is 17.6 Å². The van der Waals surface area contributed by atoms with Gasteiger partial charge in [0, 0.05) is 178 Å². The van der Waals surface area contributed by atoms with E-state index in [1.807, 2.05) is 75.8 Å². The lowest BCUT2D eigenvalue weighted by atomic mass is 9.89. The number of H-pyrrole nitrogens is 2. The number of carbonyl (C=O) groups excluding carboxylic acids is 2. The first-order chi connectivity index (χ1) is 62.8. The number of carbonyl (C=O) groups is 2.